The van der Waals surface area contributed by atoms with E-state index in [2.05, 4.69) is 20.2 Å². The summed E-state index contributed by atoms with van der Waals surface area (Å²) in [5.74, 6) is 1.31. The first-order valence-electron chi connectivity index (χ1n) is 16.3. The first kappa shape index (κ1) is 38.4. The molecule has 0 amide bonds. The molecular weight excluding hydrogens is 691 g/mol. The van der Waals surface area contributed by atoms with Crippen molar-refractivity contribution < 1.29 is 28.6 Å². The van der Waals surface area contributed by atoms with E-state index < -0.39 is 11.9 Å². The van der Waals surface area contributed by atoms with Crippen LogP contribution in [-0.2, 0) is 22.0 Å². The highest BCUT2D eigenvalue weighted by molar-refractivity contribution is 6.33. The van der Waals surface area contributed by atoms with E-state index in [0.29, 0.717) is 47.1 Å². The second kappa shape index (κ2) is 18.0. The van der Waals surface area contributed by atoms with E-state index >= 15 is 0 Å². The van der Waals surface area contributed by atoms with Crippen LogP contribution in [0.5, 0.6) is 0 Å². The Morgan fingerprint density at radius 3 is 1.63 bits per heavy atom. The third kappa shape index (κ3) is 10.3. The van der Waals surface area contributed by atoms with Crippen LogP contribution in [0.3, 0.4) is 0 Å². The summed E-state index contributed by atoms with van der Waals surface area (Å²) in [5, 5.41) is 22.0. The van der Waals surface area contributed by atoms with E-state index in [1.807, 2.05) is 64.1 Å². The number of nitrogens with one attached hydrogen (secondary N) is 1. The number of aryl methyl sites for hydroxylation is 4. The summed E-state index contributed by atoms with van der Waals surface area (Å²) in [6.45, 7) is 11.6. The Labute approximate surface area is 301 Å². The molecule has 4 heterocycles. The van der Waals surface area contributed by atoms with Crippen LogP contribution in [0.15, 0.2) is 45.2 Å². The van der Waals surface area contributed by atoms with Gasteiger partial charge in [0.25, 0.3) is 0 Å². The van der Waals surface area contributed by atoms with Gasteiger partial charge in [-0.05, 0) is 103 Å². The number of carboxylic acids is 2. The fourth-order valence-corrected chi connectivity index (χ4v) is 6.62. The van der Waals surface area contributed by atoms with Crippen molar-refractivity contribution in [1.82, 2.24) is 20.2 Å². The van der Waals surface area contributed by atoms with Crippen LogP contribution in [-0.4, -0.2) is 63.2 Å². The summed E-state index contributed by atoms with van der Waals surface area (Å²) >= 11 is 18.2. The highest BCUT2D eigenvalue weighted by Crippen LogP contribution is 2.33. The SMILES string of the molecule is Cc1cccc(Cl)c1-c1nc(CCl)c(C)o1.Cc1cccc(Cl)c1-c1nc(CN2CCC(C(=O)O)CC2)c(C)o1.O=C(O)C1CCNCC1. The maximum absolute atomic E-state index is 11.0. The number of aliphatic carboxylic acids is 2. The largest absolute Gasteiger partial charge is 0.481 e. The molecule has 6 rings (SSSR count). The zero-order chi connectivity index (χ0) is 35.7. The van der Waals surface area contributed by atoms with Crippen LogP contribution in [0.1, 0.15) is 59.7 Å². The molecule has 2 fully saturated rings. The van der Waals surface area contributed by atoms with Crippen molar-refractivity contribution in [2.24, 2.45) is 11.8 Å². The van der Waals surface area contributed by atoms with E-state index in [1.165, 1.54) is 0 Å². The van der Waals surface area contributed by atoms with E-state index in [9.17, 15) is 9.59 Å². The number of rotatable bonds is 7. The molecule has 10 nitrogen and oxygen atoms in total. The van der Waals surface area contributed by atoms with E-state index in [1.54, 1.807) is 0 Å². The highest BCUT2D eigenvalue weighted by Gasteiger charge is 2.26. The molecule has 0 unspecified atom stereocenters. The lowest BCUT2D eigenvalue weighted by Gasteiger charge is -2.29. The minimum absolute atomic E-state index is 0.0914. The second-order valence-corrected chi connectivity index (χ2v) is 13.4. The molecule has 13 heteroatoms. The Morgan fingerprint density at radius 1 is 0.776 bits per heavy atom. The van der Waals surface area contributed by atoms with Crippen molar-refractivity contribution in [2.45, 2.75) is 65.8 Å². The van der Waals surface area contributed by atoms with Gasteiger partial charge in [-0.25, -0.2) is 9.97 Å². The number of nitrogens with zero attached hydrogens (tertiary/aromatic N) is 3. The van der Waals surface area contributed by atoms with Gasteiger partial charge in [0, 0.05) is 6.54 Å². The van der Waals surface area contributed by atoms with Crippen LogP contribution in [0, 0.1) is 39.5 Å². The summed E-state index contributed by atoms with van der Waals surface area (Å²) in [4.78, 5) is 32.6. The number of aromatic nitrogens is 2. The van der Waals surface area contributed by atoms with Crippen molar-refractivity contribution in [3.05, 3.63) is 80.5 Å². The quantitative estimate of drug-likeness (QED) is 0.159. The first-order chi connectivity index (χ1) is 23.4. The van der Waals surface area contributed by atoms with Gasteiger partial charge in [-0.1, -0.05) is 47.5 Å². The van der Waals surface area contributed by atoms with Crippen molar-refractivity contribution in [1.29, 1.82) is 0 Å². The summed E-state index contributed by atoms with van der Waals surface area (Å²) in [6.07, 6.45) is 2.94. The first-order valence-corrected chi connectivity index (χ1v) is 17.6. The third-order valence-corrected chi connectivity index (χ3v) is 9.67. The van der Waals surface area contributed by atoms with Gasteiger partial charge >= 0.3 is 11.9 Å². The number of hydrogen-bond acceptors (Lipinski definition) is 8. The predicted octanol–water partition coefficient (Wildman–Crippen LogP) is 8.33. The number of carboxylic acid groups (broad SMARTS) is 2. The Kier molecular flexibility index (Phi) is 14.1. The minimum atomic E-state index is -0.691. The number of likely N-dealkylation sites (tertiary alicyclic amines) is 1. The topological polar surface area (TPSA) is 142 Å². The summed E-state index contributed by atoms with van der Waals surface area (Å²) < 4.78 is 11.4. The van der Waals surface area contributed by atoms with Gasteiger partial charge in [-0.3, -0.25) is 14.5 Å². The molecule has 2 aliphatic heterocycles. The molecular formula is C36H43Cl3N4O6. The molecule has 2 aromatic carbocycles. The van der Waals surface area contributed by atoms with Gasteiger partial charge in [0.15, 0.2) is 0 Å². The molecule has 0 bridgehead atoms. The number of halogens is 3. The molecule has 2 aliphatic rings. The number of hydrogen-bond donors (Lipinski definition) is 3. The summed E-state index contributed by atoms with van der Waals surface area (Å²) in [7, 11) is 0. The molecule has 2 aromatic heterocycles. The average Bonchev–Trinajstić information content (AvgIpc) is 3.62. The third-order valence-electron chi connectivity index (χ3n) is 8.78. The molecule has 264 valence electrons. The molecule has 0 saturated carbocycles. The average molecular weight is 734 g/mol. The number of benzene rings is 2. The molecule has 4 aromatic rings. The van der Waals surface area contributed by atoms with Crippen LogP contribution in [0.4, 0.5) is 0 Å². The van der Waals surface area contributed by atoms with Crippen molar-refractivity contribution in [2.75, 3.05) is 26.2 Å². The number of oxazole rings is 2. The maximum Gasteiger partial charge on any atom is 0.306 e. The standard InChI is InChI=1S/C18H21ClN2O3.C12H11Cl2NO.C6H11NO2/c1-11-4-3-5-14(19)16(11)17-20-15(12(2)24-17)10-21-8-6-13(7-9-21)18(22)23;1-7-4-3-5-9(14)11(7)12-15-10(6-13)8(2)16-12;8-6(9)5-1-3-7-4-2-5/h3-5,13H,6-10H2,1-2H3,(H,22,23);3-5H,6H2,1-2H3;5,7H,1-4H2,(H,8,9). The summed E-state index contributed by atoms with van der Waals surface area (Å²) in [5.41, 5.74) is 5.38. The van der Waals surface area contributed by atoms with E-state index in [-0.39, 0.29) is 11.8 Å². The number of carbonyl (C=O) groups is 2. The molecule has 49 heavy (non-hydrogen) atoms. The van der Waals surface area contributed by atoms with Crippen LogP contribution in [0.2, 0.25) is 10.0 Å². The lowest BCUT2D eigenvalue weighted by Crippen LogP contribution is -2.36. The van der Waals surface area contributed by atoms with Crippen LogP contribution >= 0.6 is 34.8 Å². The highest BCUT2D eigenvalue weighted by atomic mass is 35.5. The predicted molar refractivity (Wildman–Crippen MR) is 191 cm³/mol. The fraction of sp³-hybridized carbons (Fsp3) is 0.444. The van der Waals surface area contributed by atoms with Crippen molar-refractivity contribution in [3.8, 4) is 22.9 Å². The Morgan fingerprint density at radius 2 is 1.22 bits per heavy atom. The van der Waals surface area contributed by atoms with Gasteiger partial charge in [0.2, 0.25) is 11.8 Å². The van der Waals surface area contributed by atoms with E-state index in [0.717, 1.165) is 84.2 Å². The Hall–Kier alpha value is -3.41. The molecule has 0 aliphatic carbocycles. The zero-order valence-electron chi connectivity index (χ0n) is 28.2. The summed E-state index contributed by atoms with van der Waals surface area (Å²) in [6, 6.07) is 11.4. The molecule has 0 spiro atoms. The van der Waals surface area contributed by atoms with Gasteiger partial charge in [-0.2, -0.15) is 0 Å². The number of piperidine rings is 2. The lowest BCUT2D eigenvalue weighted by molar-refractivity contribution is -0.144. The second-order valence-electron chi connectivity index (χ2n) is 12.3. The Bertz CT molecular complexity index is 1690. The van der Waals surface area contributed by atoms with Gasteiger partial charge in [-0.15, -0.1) is 11.6 Å². The Balaban J connectivity index is 0.000000185. The van der Waals surface area contributed by atoms with Crippen LogP contribution < -0.4 is 5.32 Å². The molecule has 0 atom stereocenters. The smallest absolute Gasteiger partial charge is 0.306 e. The van der Waals surface area contributed by atoms with Gasteiger partial charge < -0.3 is 24.4 Å². The maximum atomic E-state index is 11.0. The normalized spacial score (nSPS) is 15.6. The molecule has 2 saturated heterocycles. The monoisotopic (exact) mass is 732 g/mol. The van der Waals surface area contributed by atoms with Gasteiger partial charge in [0.1, 0.15) is 11.5 Å². The molecule has 3 N–H and O–H groups in total. The molecule has 0 radical (unpaired) electrons. The zero-order valence-corrected chi connectivity index (χ0v) is 30.5. The van der Waals surface area contributed by atoms with E-state index in [4.69, 9.17) is 53.9 Å². The van der Waals surface area contributed by atoms with Crippen LogP contribution in [0.25, 0.3) is 22.9 Å². The minimum Gasteiger partial charge on any atom is -0.481 e. The lowest BCUT2D eigenvalue weighted by atomic mass is 9.97. The van der Waals surface area contributed by atoms with Crippen molar-refractivity contribution in [3.63, 3.8) is 0 Å². The number of alkyl halides is 1. The van der Waals surface area contributed by atoms with Gasteiger partial charge in [0.05, 0.1) is 50.3 Å². The fourth-order valence-electron chi connectivity index (χ4n) is 5.76. The van der Waals surface area contributed by atoms with Crippen molar-refractivity contribution >= 4 is 46.7 Å².